The van der Waals surface area contributed by atoms with Crippen LogP contribution in [0, 0.1) is 6.92 Å². The number of hydrogen-bond donors (Lipinski definition) is 3. The molecular formula is C18H24N4O. The van der Waals surface area contributed by atoms with Gasteiger partial charge < -0.3 is 15.7 Å². The van der Waals surface area contributed by atoms with E-state index in [1.165, 1.54) is 24.0 Å². The number of benzene rings is 1. The molecule has 0 unspecified atom stereocenters. The van der Waals surface area contributed by atoms with Gasteiger partial charge in [0.25, 0.3) is 0 Å². The van der Waals surface area contributed by atoms with E-state index >= 15 is 0 Å². The van der Waals surface area contributed by atoms with Gasteiger partial charge in [0.2, 0.25) is 5.95 Å². The van der Waals surface area contributed by atoms with Gasteiger partial charge in [-0.1, -0.05) is 29.8 Å². The Morgan fingerprint density at radius 1 is 1.26 bits per heavy atom. The molecule has 0 saturated heterocycles. The van der Waals surface area contributed by atoms with E-state index in [4.69, 9.17) is 0 Å². The van der Waals surface area contributed by atoms with Crippen molar-refractivity contribution < 1.29 is 5.11 Å². The van der Waals surface area contributed by atoms with Crippen molar-refractivity contribution in [1.82, 2.24) is 9.97 Å². The van der Waals surface area contributed by atoms with Crippen LogP contribution in [0.1, 0.15) is 42.5 Å². The normalized spacial score (nSPS) is 15.3. The first-order valence-corrected chi connectivity index (χ1v) is 8.20. The van der Waals surface area contributed by atoms with Crippen molar-refractivity contribution in [3.05, 3.63) is 47.2 Å². The van der Waals surface area contributed by atoms with E-state index in [1.54, 1.807) is 0 Å². The van der Waals surface area contributed by atoms with Gasteiger partial charge in [-0.05, 0) is 32.3 Å². The third-order valence-corrected chi connectivity index (χ3v) is 3.95. The molecular weight excluding hydrogens is 288 g/mol. The maximum Gasteiger partial charge on any atom is 0.225 e. The maximum absolute atomic E-state index is 9.20. The maximum atomic E-state index is 9.20. The average molecular weight is 312 g/mol. The zero-order valence-electron chi connectivity index (χ0n) is 13.7. The Bertz CT molecular complexity index is 670. The molecule has 3 rings (SSSR count). The van der Waals surface area contributed by atoms with E-state index < -0.39 is 0 Å². The van der Waals surface area contributed by atoms with Crippen LogP contribution >= 0.6 is 0 Å². The lowest BCUT2D eigenvalue weighted by atomic mass is 10.1. The van der Waals surface area contributed by atoms with Crippen LogP contribution in [-0.4, -0.2) is 27.7 Å². The molecule has 1 heterocycles. The van der Waals surface area contributed by atoms with E-state index in [-0.39, 0.29) is 12.6 Å². The molecule has 5 nitrogen and oxygen atoms in total. The summed E-state index contributed by atoms with van der Waals surface area (Å²) in [4.78, 5) is 9.10. The monoisotopic (exact) mass is 312 g/mol. The minimum atomic E-state index is -0.0610. The third kappa shape index (κ3) is 4.42. The van der Waals surface area contributed by atoms with E-state index in [2.05, 4.69) is 51.8 Å². The second-order valence-electron chi connectivity index (χ2n) is 6.35. The van der Waals surface area contributed by atoms with Crippen LogP contribution in [0.2, 0.25) is 0 Å². The Morgan fingerprint density at radius 2 is 2.09 bits per heavy atom. The number of rotatable bonds is 7. The van der Waals surface area contributed by atoms with Crippen molar-refractivity contribution in [1.29, 1.82) is 0 Å². The van der Waals surface area contributed by atoms with Crippen molar-refractivity contribution in [2.75, 3.05) is 17.2 Å². The molecule has 3 N–H and O–H groups in total. The number of aliphatic hydroxyl groups excluding tert-OH is 1. The van der Waals surface area contributed by atoms with Crippen molar-refractivity contribution in [2.24, 2.45) is 0 Å². The Labute approximate surface area is 137 Å². The number of hydrogen-bond acceptors (Lipinski definition) is 5. The van der Waals surface area contributed by atoms with Gasteiger partial charge in [-0.2, -0.15) is 4.98 Å². The molecule has 1 atom stereocenters. The zero-order chi connectivity index (χ0) is 16.2. The molecule has 1 aliphatic rings. The Morgan fingerprint density at radius 3 is 2.78 bits per heavy atom. The SMILES string of the molecule is Cc1cccc(CNc2cc(C3CC3)nc(N[C@@H](C)CO)n2)c1. The first-order valence-electron chi connectivity index (χ1n) is 8.20. The average Bonchev–Trinajstić information content (AvgIpc) is 3.37. The molecule has 1 fully saturated rings. The number of nitrogens with zero attached hydrogens (tertiary/aromatic N) is 2. The third-order valence-electron chi connectivity index (χ3n) is 3.95. The van der Waals surface area contributed by atoms with Gasteiger partial charge in [0, 0.05) is 24.6 Å². The van der Waals surface area contributed by atoms with Gasteiger partial charge in [-0.15, -0.1) is 0 Å². The Balaban J connectivity index is 1.74. The van der Waals surface area contributed by atoms with Crippen molar-refractivity contribution in [2.45, 2.75) is 45.2 Å². The topological polar surface area (TPSA) is 70.1 Å². The molecule has 1 aromatic carbocycles. The van der Waals surface area contributed by atoms with E-state index in [9.17, 15) is 5.11 Å². The standard InChI is InChI=1S/C18H24N4O/c1-12-4-3-5-14(8-12)10-19-17-9-16(15-6-7-15)21-18(22-17)20-13(2)11-23/h3-5,8-9,13,15,23H,6-7,10-11H2,1-2H3,(H2,19,20,21,22)/t13-/m0/s1. The molecule has 1 saturated carbocycles. The molecule has 0 bridgehead atoms. The Kier molecular flexibility index (Phi) is 4.76. The minimum absolute atomic E-state index is 0.0586. The second-order valence-corrected chi connectivity index (χ2v) is 6.35. The zero-order valence-corrected chi connectivity index (χ0v) is 13.7. The first kappa shape index (κ1) is 15.7. The molecule has 122 valence electrons. The van der Waals surface area contributed by atoms with Gasteiger partial charge in [0.05, 0.1) is 12.3 Å². The lowest BCUT2D eigenvalue weighted by Crippen LogP contribution is -2.21. The highest BCUT2D eigenvalue weighted by Crippen LogP contribution is 2.39. The summed E-state index contributed by atoms with van der Waals surface area (Å²) in [5.41, 5.74) is 3.57. The number of aromatic nitrogens is 2. The Hall–Kier alpha value is -2.14. The smallest absolute Gasteiger partial charge is 0.225 e. The van der Waals surface area contributed by atoms with Gasteiger partial charge in [-0.25, -0.2) is 4.98 Å². The summed E-state index contributed by atoms with van der Waals surface area (Å²) in [6.45, 7) is 4.80. The van der Waals surface area contributed by atoms with Crippen molar-refractivity contribution >= 4 is 11.8 Å². The van der Waals surface area contributed by atoms with Crippen LogP contribution < -0.4 is 10.6 Å². The summed E-state index contributed by atoms with van der Waals surface area (Å²) in [6, 6.07) is 10.4. The first-order chi connectivity index (χ1) is 11.1. The summed E-state index contributed by atoms with van der Waals surface area (Å²) in [6.07, 6.45) is 2.40. The molecule has 23 heavy (non-hydrogen) atoms. The molecule has 0 spiro atoms. The van der Waals surface area contributed by atoms with Gasteiger partial charge in [-0.3, -0.25) is 0 Å². The molecule has 2 aromatic rings. The fraction of sp³-hybridized carbons (Fsp3) is 0.444. The predicted molar refractivity (Wildman–Crippen MR) is 92.7 cm³/mol. The summed E-state index contributed by atoms with van der Waals surface area (Å²) in [7, 11) is 0. The summed E-state index contributed by atoms with van der Waals surface area (Å²) in [5, 5.41) is 15.7. The fourth-order valence-electron chi connectivity index (χ4n) is 2.49. The number of anilines is 2. The fourth-order valence-corrected chi connectivity index (χ4v) is 2.49. The van der Waals surface area contributed by atoms with Gasteiger partial charge in [0.15, 0.2) is 0 Å². The van der Waals surface area contributed by atoms with Crippen LogP contribution in [0.25, 0.3) is 0 Å². The van der Waals surface area contributed by atoms with Crippen LogP contribution in [0.4, 0.5) is 11.8 Å². The van der Waals surface area contributed by atoms with Crippen LogP contribution in [0.15, 0.2) is 30.3 Å². The molecule has 0 amide bonds. The lowest BCUT2D eigenvalue weighted by Gasteiger charge is -2.14. The predicted octanol–water partition coefficient (Wildman–Crippen LogP) is 3.07. The highest BCUT2D eigenvalue weighted by molar-refractivity contribution is 5.45. The van der Waals surface area contributed by atoms with Crippen LogP contribution in [0.5, 0.6) is 0 Å². The summed E-state index contributed by atoms with van der Waals surface area (Å²) >= 11 is 0. The molecule has 5 heteroatoms. The second kappa shape index (κ2) is 6.96. The highest BCUT2D eigenvalue weighted by atomic mass is 16.3. The summed E-state index contributed by atoms with van der Waals surface area (Å²) < 4.78 is 0. The lowest BCUT2D eigenvalue weighted by molar-refractivity contribution is 0.281. The van der Waals surface area contributed by atoms with Crippen molar-refractivity contribution in [3.8, 4) is 0 Å². The van der Waals surface area contributed by atoms with E-state index in [0.717, 1.165) is 18.1 Å². The van der Waals surface area contributed by atoms with Gasteiger partial charge in [0.1, 0.15) is 5.82 Å². The molecule has 1 aliphatic carbocycles. The molecule has 1 aromatic heterocycles. The summed E-state index contributed by atoms with van der Waals surface area (Å²) in [5.74, 6) is 1.97. The number of aryl methyl sites for hydroxylation is 1. The quantitative estimate of drug-likeness (QED) is 0.733. The van der Waals surface area contributed by atoms with E-state index in [1.807, 2.05) is 13.0 Å². The molecule has 0 aliphatic heterocycles. The largest absolute Gasteiger partial charge is 0.394 e. The van der Waals surface area contributed by atoms with Crippen LogP contribution in [-0.2, 0) is 6.54 Å². The van der Waals surface area contributed by atoms with E-state index in [0.29, 0.717) is 11.9 Å². The number of nitrogens with one attached hydrogen (secondary N) is 2. The van der Waals surface area contributed by atoms with Gasteiger partial charge >= 0.3 is 0 Å². The minimum Gasteiger partial charge on any atom is -0.394 e. The highest BCUT2D eigenvalue weighted by Gasteiger charge is 2.26. The van der Waals surface area contributed by atoms with Crippen LogP contribution in [0.3, 0.4) is 0 Å². The number of aliphatic hydroxyl groups is 1. The molecule has 0 radical (unpaired) electrons. The van der Waals surface area contributed by atoms with Crippen molar-refractivity contribution in [3.63, 3.8) is 0 Å².